The first kappa shape index (κ1) is 21.3. The first-order chi connectivity index (χ1) is 13.7. The molecule has 2 N–H and O–H groups in total. The fourth-order valence-electron chi connectivity index (χ4n) is 3.38. The van der Waals surface area contributed by atoms with Gasteiger partial charge in [-0.15, -0.1) is 0 Å². The fourth-order valence-corrected chi connectivity index (χ4v) is 3.65. The number of nitrogens with zero attached hydrogens (tertiary/aromatic N) is 3. The summed E-state index contributed by atoms with van der Waals surface area (Å²) >= 11 is 5.27. The van der Waals surface area contributed by atoms with Crippen LogP contribution in [0.3, 0.4) is 0 Å². The van der Waals surface area contributed by atoms with Gasteiger partial charge in [0.15, 0.2) is 10.8 Å². The summed E-state index contributed by atoms with van der Waals surface area (Å²) in [6, 6.07) is 10.6. The number of aromatic nitrogens is 2. The maximum absolute atomic E-state index is 13.4. The van der Waals surface area contributed by atoms with Crippen LogP contribution in [0.25, 0.3) is 0 Å². The highest BCUT2D eigenvalue weighted by Gasteiger charge is 2.35. The van der Waals surface area contributed by atoms with E-state index in [0.717, 1.165) is 30.9 Å². The Labute approximate surface area is 173 Å². The lowest BCUT2D eigenvalue weighted by Gasteiger charge is -2.34. The Morgan fingerprint density at radius 2 is 1.93 bits per heavy atom. The number of rotatable bonds is 4. The molecule has 29 heavy (non-hydrogen) atoms. The Hall–Kier alpha value is -2.42. The van der Waals surface area contributed by atoms with Crippen molar-refractivity contribution in [2.24, 2.45) is 0 Å². The molecule has 3 rings (SSSR count). The lowest BCUT2D eigenvalue weighted by molar-refractivity contribution is -0.141. The largest absolute Gasteiger partial charge is 0.433 e. The third-order valence-corrected chi connectivity index (χ3v) is 5.19. The van der Waals surface area contributed by atoms with Crippen molar-refractivity contribution >= 4 is 29.1 Å². The SMILES string of the molecule is C[C@@H](NC(=S)Nc1nc(N2CCCC[C@@H]2C)cc(C(F)(F)F)n1)c1ccccc1. The number of hydrogen-bond acceptors (Lipinski definition) is 4. The lowest BCUT2D eigenvalue weighted by atomic mass is 10.0. The molecule has 1 saturated heterocycles. The highest BCUT2D eigenvalue weighted by atomic mass is 32.1. The van der Waals surface area contributed by atoms with E-state index in [1.807, 2.05) is 49.1 Å². The van der Waals surface area contributed by atoms with Gasteiger partial charge in [0.2, 0.25) is 5.95 Å². The summed E-state index contributed by atoms with van der Waals surface area (Å²) in [6.45, 7) is 4.58. The van der Waals surface area contributed by atoms with Crippen molar-refractivity contribution in [2.75, 3.05) is 16.8 Å². The predicted octanol–water partition coefficient (Wildman–Crippen LogP) is 4.92. The summed E-state index contributed by atoms with van der Waals surface area (Å²) < 4.78 is 40.2. The molecule has 9 heteroatoms. The van der Waals surface area contributed by atoms with E-state index in [2.05, 4.69) is 20.6 Å². The Bertz CT molecular complexity index is 844. The van der Waals surface area contributed by atoms with E-state index in [4.69, 9.17) is 12.2 Å². The highest BCUT2D eigenvalue weighted by molar-refractivity contribution is 7.80. The Morgan fingerprint density at radius 3 is 2.59 bits per heavy atom. The lowest BCUT2D eigenvalue weighted by Crippen LogP contribution is -2.38. The molecule has 2 atom stereocenters. The first-order valence-corrected chi connectivity index (χ1v) is 10.0. The molecular weight excluding hydrogens is 399 g/mol. The van der Waals surface area contributed by atoms with Crippen molar-refractivity contribution in [1.29, 1.82) is 0 Å². The first-order valence-electron chi connectivity index (χ1n) is 9.59. The van der Waals surface area contributed by atoms with Crippen LogP contribution >= 0.6 is 12.2 Å². The number of benzene rings is 1. The normalized spacial score (nSPS) is 18.2. The molecule has 0 spiro atoms. The van der Waals surface area contributed by atoms with E-state index in [1.165, 1.54) is 0 Å². The number of halogens is 3. The molecule has 1 aliphatic rings. The third kappa shape index (κ3) is 5.56. The van der Waals surface area contributed by atoms with Gasteiger partial charge in [0.25, 0.3) is 0 Å². The van der Waals surface area contributed by atoms with Crippen LogP contribution in [-0.2, 0) is 6.18 Å². The van der Waals surface area contributed by atoms with Gasteiger partial charge < -0.3 is 15.5 Å². The van der Waals surface area contributed by atoms with Crippen LogP contribution in [0.15, 0.2) is 36.4 Å². The van der Waals surface area contributed by atoms with Crippen LogP contribution in [-0.4, -0.2) is 27.7 Å². The summed E-state index contributed by atoms with van der Waals surface area (Å²) in [5, 5.41) is 5.94. The number of thiocarbonyl (C=S) groups is 1. The molecule has 1 aromatic carbocycles. The average molecular weight is 424 g/mol. The van der Waals surface area contributed by atoms with Gasteiger partial charge in [0, 0.05) is 18.7 Å². The second-order valence-electron chi connectivity index (χ2n) is 7.20. The molecule has 0 amide bonds. The quantitative estimate of drug-likeness (QED) is 0.681. The molecular formula is C20H24F3N5S. The number of anilines is 2. The Morgan fingerprint density at radius 1 is 1.21 bits per heavy atom. The van der Waals surface area contributed by atoms with E-state index in [1.54, 1.807) is 0 Å². The molecule has 0 aliphatic carbocycles. The van der Waals surface area contributed by atoms with Gasteiger partial charge in [0.1, 0.15) is 5.82 Å². The fraction of sp³-hybridized carbons (Fsp3) is 0.450. The highest BCUT2D eigenvalue weighted by Crippen LogP contribution is 2.32. The molecule has 0 bridgehead atoms. The van der Waals surface area contributed by atoms with Gasteiger partial charge in [-0.3, -0.25) is 0 Å². The van der Waals surface area contributed by atoms with Gasteiger partial charge in [-0.1, -0.05) is 30.3 Å². The minimum atomic E-state index is -4.57. The molecule has 5 nitrogen and oxygen atoms in total. The van der Waals surface area contributed by atoms with Crippen LogP contribution < -0.4 is 15.5 Å². The second kappa shape index (κ2) is 8.94. The predicted molar refractivity (Wildman–Crippen MR) is 112 cm³/mol. The maximum Gasteiger partial charge on any atom is 0.433 e. The molecule has 2 aromatic rings. The number of nitrogens with one attached hydrogen (secondary N) is 2. The van der Waals surface area contributed by atoms with Gasteiger partial charge in [-0.2, -0.15) is 18.2 Å². The van der Waals surface area contributed by atoms with Gasteiger partial charge >= 0.3 is 6.18 Å². The minimum absolute atomic E-state index is 0.121. The topological polar surface area (TPSA) is 53.1 Å². The molecule has 156 valence electrons. The summed E-state index contributed by atoms with van der Waals surface area (Å²) in [5.41, 5.74) is 0.0196. The van der Waals surface area contributed by atoms with E-state index in [0.29, 0.717) is 6.54 Å². The molecule has 0 radical (unpaired) electrons. The van der Waals surface area contributed by atoms with Crippen LogP contribution in [0.5, 0.6) is 0 Å². The molecule has 0 saturated carbocycles. The minimum Gasteiger partial charge on any atom is -0.356 e. The van der Waals surface area contributed by atoms with Crippen molar-refractivity contribution in [2.45, 2.75) is 51.4 Å². The monoisotopic (exact) mass is 423 g/mol. The van der Waals surface area contributed by atoms with Crippen molar-refractivity contribution in [3.63, 3.8) is 0 Å². The number of alkyl halides is 3. The zero-order valence-corrected chi connectivity index (χ0v) is 17.1. The summed E-state index contributed by atoms with van der Waals surface area (Å²) in [4.78, 5) is 9.86. The summed E-state index contributed by atoms with van der Waals surface area (Å²) in [5.74, 6) is 0.103. The average Bonchev–Trinajstić information content (AvgIpc) is 2.68. The smallest absolute Gasteiger partial charge is 0.356 e. The van der Waals surface area contributed by atoms with E-state index >= 15 is 0 Å². The molecule has 2 heterocycles. The Balaban J connectivity index is 1.80. The van der Waals surface area contributed by atoms with Gasteiger partial charge in [-0.25, -0.2) is 4.98 Å². The summed E-state index contributed by atoms with van der Waals surface area (Å²) in [6.07, 6.45) is -1.67. The van der Waals surface area contributed by atoms with E-state index in [9.17, 15) is 13.2 Å². The second-order valence-corrected chi connectivity index (χ2v) is 7.61. The van der Waals surface area contributed by atoms with E-state index in [-0.39, 0.29) is 29.0 Å². The van der Waals surface area contributed by atoms with Crippen molar-refractivity contribution < 1.29 is 13.2 Å². The zero-order valence-electron chi connectivity index (χ0n) is 16.3. The van der Waals surface area contributed by atoms with Crippen molar-refractivity contribution in [3.8, 4) is 0 Å². The maximum atomic E-state index is 13.4. The van der Waals surface area contributed by atoms with Crippen LogP contribution in [0.4, 0.5) is 24.9 Å². The number of hydrogen-bond donors (Lipinski definition) is 2. The third-order valence-electron chi connectivity index (χ3n) is 4.97. The van der Waals surface area contributed by atoms with E-state index < -0.39 is 11.9 Å². The molecule has 1 aliphatic heterocycles. The standard InChI is InChI=1S/C20H24F3N5S/c1-13-8-6-7-11-28(13)17-12-16(20(21,22)23)25-18(26-17)27-19(29)24-14(2)15-9-4-3-5-10-15/h3-5,9-10,12-14H,6-8,11H2,1-2H3,(H2,24,25,26,27,29)/t13-,14+/m0/s1. The molecule has 0 unspecified atom stereocenters. The summed E-state index contributed by atoms with van der Waals surface area (Å²) in [7, 11) is 0. The van der Waals surface area contributed by atoms with Crippen molar-refractivity contribution in [3.05, 3.63) is 47.7 Å². The number of piperidine rings is 1. The molecule has 1 aromatic heterocycles. The van der Waals surface area contributed by atoms with Crippen LogP contribution in [0.1, 0.15) is 50.4 Å². The van der Waals surface area contributed by atoms with Gasteiger partial charge in [-0.05, 0) is 50.9 Å². The van der Waals surface area contributed by atoms with Crippen LogP contribution in [0, 0.1) is 0 Å². The van der Waals surface area contributed by atoms with Crippen LogP contribution in [0.2, 0.25) is 0 Å². The Kier molecular flexibility index (Phi) is 6.56. The van der Waals surface area contributed by atoms with Crippen molar-refractivity contribution in [1.82, 2.24) is 15.3 Å². The van der Waals surface area contributed by atoms with Gasteiger partial charge in [0.05, 0.1) is 6.04 Å². The zero-order chi connectivity index (χ0) is 21.0. The molecule has 1 fully saturated rings.